The molecule has 6 heteroatoms. The molecule has 0 fully saturated rings. The van der Waals surface area contributed by atoms with Crippen molar-refractivity contribution < 1.29 is 29.3 Å². The van der Waals surface area contributed by atoms with Gasteiger partial charge < -0.3 is 19.7 Å². The molecule has 6 aromatic carbocycles. The maximum atomic E-state index is 11.8. The van der Waals surface area contributed by atoms with E-state index in [1.54, 1.807) is 0 Å². The first kappa shape index (κ1) is 26.6. The van der Waals surface area contributed by atoms with Gasteiger partial charge in [0.2, 0.25) is 0 Å². The molecule has 0 amide bonds. The van der Waals surface area contributed by atoms with Crippen LogP contribution in [0.5, 0.6) is 11.5 Å². The molecule has 0 unspecified atom stereocenters. The molecule has 0 aromatic heterocycles. The fourth-order valence-electron chi connectivity index (χ4n) is 5.39. The van der Waals surface area contributed by atoms with E-state index < -0.39 is 25.2 Å². The number of benzene rings is 6. The number of rotatable bonds is 9. The summed E-state index contributed by atoms with van der Waals surface area (Å²) < 4.78 is 12.3. The second kappa shape index (κ2) is 11.5. The lowest BCUT2D eigenvalue weighted by Gasteiger charge is -2.23. The van der Waals surface area contributed by atoms with Crippen molar-refractivity contribution >= 4 is 33.5 Å². The van der Waals surface area contributed by atoms with Gasteiger partial charge >= 0.3 is 11.9 Å². The fourth-order valence-corrected chi connectivity index (χ4v) is 5.39. The molecule has 6 nitrogen and oxygen atoms in total. The molecular formula is C36H26O6. The van der Waals surface area contributed by atoms with Crippen molar-refractivity contribution in [1.82, 2.24) is 0 Å². The van der Waals surface area contributed by atoms with Gasteiger partial charge in [-0.3, -0.25) is 0 Å². The summed E-state index contributed by atoms with van der Waals surface area (Å²) in [7, 11) is 0. The number of fused-ring (bicyclic) bond motifs is 2. The molecule has 0 aliphatic rings. The van der Waals surface area contributed by atoms with Crippen molar-refractivity contribution in [2.24, 2.45) is 0 Å². The molecule has 0 saturated heterocycles. The lowest BCUT2D eigenvalue weighted by molar-refractivity contribution is -0.140. The highest BCUT2D eigenvalue weighted by atomic mass is 16.5. The molecule has 206 valence electrons. The summed E-state index contributed by atoms with van der Waals surface area (Å²) in [5, 5.41) is 22.8. The topological polar surface area (TPSA) is 93.1 Å². The SMILES string of the molecule is O=C(O)COc1c(-c2ccccc2)cc2ccccc2c1-c1c(OCC(=O)O)c(-c2ccccc2)cc2ccccc12. The lowest BCUT2D eigenvalue weighted by atomic mass is 9.86. The molecule has 0 spiro atoms. The van der Waals surface area contributed by atoms with Gasteiger partial charge in [0.05, 0.1) is 0 Å². The zero-order chi connectivity index (χ0) is 29.1. The Kier molecular flexibility index (Phi) is 7.26. The number of hydrogen-bond donors (Lipinski definition) is 2. The first-order valence-electron chi connectivity index (χ1n) is 13.4. The summed E-state index contributed by atoms with van der Waals surface area (Å²) in [5.41, 5.74) is 4.38. The molecule has 6 aromatic rings. The minimum absolute atomic E-state index is 0.373. The van der Waals surface area contributed by atoms with Crippen LogP contribution in [0.4, 0.5) is 0 Å². The van der Waals surface area contributed by atoms with Gasteiger partial charge in [-0.25, -0.2) is 9.59 Å². The summed E-state index contributed by atoms with van der Waals surface area (Å²) in [6, 6.07) is 38.9. The molecule has 0 aliphatic carbocycles. The number of aliphatic carboxylic acids is 2. The summed E-state index contributed by atoms with van der Waals surface area (Å²) in [4.78, 5) is 23.6. The van der Waals surface area contributed by atoms with Crippen LogP contribution >= 0.6 is 0 Å². The van der Waals surface area contributed by atoms with Crippen LogP contribution in [-0.2, 0) is 9.59 Å². The number of carbonyl (C=O) groups is 2. The highest BCUT2D eigenvalue weighted by Gasteiger charge is 2.26. The Morgan fingerprint density at radius 3 is 1.24 bits per heavy atom. The third-order valence-corrected chi connectivity index (χ3v) is 7.10. The fraction of sp³-hybridized carbons (Fsp3) is 0.0556. The van der Waals surface area contributed by atoms with Crippen LogP contribution < -0.4 is 9.47 Å². The molecule has 0 heterocycles. The maximum absolute atomic E-state index is 11.8. The van der Waals surface area contributed by atoms with Crippen molar-refractivity contribution in [2.45, 2.75) is 0 Å². The van der Waals surface area contributed by atoms with Crippen molar-refractivity contribution in [3.05, 3.63) is 121 Å². The molecule has 42 heavy (non-hydrogen) atoms. The van der Waals surface area contributed by atoms with Gasteiger partial charge in [-0.1, -0.05) is 109 Å². The number of ether oxygens (including phenoxy) is 2. The Morgan fingerprint density at radius 1 is 0.500 bits per heavy atom. The summed E-state index contributed by atoms with van der Waals surface area (Å²) in [6.45, 7) is -1.13. The van der Waals surface area contributed by atoms with E-state index in [1.165, 1.54) is 0 Å². The second-order valence-corrected chi connectivity index (χ2v) is 9.80. The Hall–Kier alpha value is -5.62. The van der Waals surface area contributed by atoms with Gasteiger partial charge in [0.15, 0.2) is 13.2 Å². The van der Waals surface area contributed by atoms with E-state index in [0.717, 1.165) is 32.7 Å². The Labute approximate surface area is 242 Å². The van der Waals surface area contributed by atoms with Crippen LogP contribution in [0.15, 0.2) is 121 Å². The predicted molar refractivity (Wildman–Crippen MR) is 164 cm³/mol. The minimum atomic E-state index is -1.11. The molecule has 0 bridgehead atoms. The molecule has 2 N–H and O–H groups in total. The van der Waals surface area contributed by atoms with Gasteiger partial charge in [-0.05, 0) is 44.8 Å². The first-order chi connectivity index (χ1) is 20.5. The van der Waals surface area contributed by atoms with E-state index in [-0.39, 0.29) is 0 Å². The third kappa shape index (κ3) is 5.13. The summed E-state index contributed by atoms with van der Waals surface area (Å²) in [6.07, 6.45) is 0. The number of carboxylic acids is 2. The molecule has 0 aliphatic heterocycles. The molecule has 0 saturated carbocycles. The molecule has 0 radical (unpaired) electrons. The number of carboxylic acid groups (broad SMARTS) is 2. The van der Waals surface area contributed by atoms with Gasteiger partial charge in [0.25, 0.3) is 0 Å². The standard InChI is InChI=1S/C36H26O6/c37-31(38)21-41-35-29(23-11-3-1-4-12-23)19-25-15-7-9-17-27(25)33(35)34-28-18-10-8-16-26(28)20-30(24-13-5-2-6-14-24)36(34)42-22-32(39)40/h1-20H,21-22H2,(H,37,38)(H,39,40). The third-order valence-electron chi connectivity index (χ3n) is 7.10. The van der Waals surface area contributed by atoms with E-state index in [2.05, 4.69) is 0 Å². The second-order valence-electron chi connectivity index (χ2n) is 9.80. The quantitative estimate of drug-likeness (QED) is 0.189. The van der Waals surface area contributed by atoms with Crippen molar-refractivity contribution in [3.8, 4) is 44.9 Å². The Morgan fingerprint density at radius 2 is 0.857 bits per heavy atom. The Balaban J connectivity index is 1.81. The first-order valence-corrected chi connectivity index (χ1v) is 13.4. The average Bonchev–Trinajstić information content (AvgIpc) is 3.02. The average molecular weight is 555 g/mol. The van der Waals surface area contributed by atoms with E-state index >= 15 is 0 Å². The van der Waals surface area contributed by atoms with Crippen LogP contribution in [0.1, 0.15) is 0 Å². The van der Waals surface area contributed by atoms with Gasteiger partial charge in [-0.15, -0.1) is 0 Å². The van der Waals surface area contributed by atoms with E-state index in [0.29, 0.717) is 33.8 Å². The van der Waals surface area contributed by atoms with E-state index in [1.807, 2.05) is 121 Å². The lowest BCUT2D eigenvalue weighted by Crippen LogP contribution is -2.12. The van der Waals surface area contributed by atoms with Gasteiger partial charge in [0, 0.05) is 22.3 Å². The maximum Gasteiger partial charge on any atom is 0.341 e. The van der Waals surface area contributed by atoms with Crippen molar-refractivity contribution in [1.29, 1.82) is 0 Å². The normalized spacial score (nSPS) is 11.0. The summed E-state index contributed by atoms with van der Waals surface area (Å²) in [5.74, 6) is -1.48. The van der Waals surface area contributed by atoms with Crippen LogP contribution in [-0.4, -0.2) is 35.4 Å². The molecular weight excluding hydrogens is 528 g/mol. The summed E-state index contributed by atoms with van der Waals surface area (Å²) >= 11 is 0. The zero-order valence-electron chi connectivity index (χ0n) is 22.5. The smallest absolute Gasteiger partial charge is 0.341 e. The minimum Gasteiger partial charge on any atom is -0.481 e. The van der Waals surface area contributed by atoms with Gasteiger partial charge in [-0.2, -0.15) is 0 Å². The number of hydrogen-bond acceptors (Lipinski definition) is 4. The highest BCUT2D eigenvalue weighted by Crippen LogP contribution is 2.52. The van der Waals surface area contributed by atoms with Crippen LogP contribution in [0, 0.1) is 0 Å². The molecule has 0 atom stereocenters. The van der Waals surface area contributed by atoms with E-state index in [9.17, 15) is 19.8 Å². The van der Waals surface area contributed by atoms with E-state index in [4.69, 9.17) is 9.47 Å². The highest BCUT2D eigenvalue weighted by molar-refractivity contribution is 6.14. The van der Waals surface area contributed by atoms with Crippen molar-refractivity contribution in [2.75, 3.05) is 13.2 Å². The zero-order valence-corrected chi connectivity index (χ0v) is 22.5. The van der Waals surface area contributed by atoms with Crippen LogP contribution in [0.2, 0.25) is 0 Å². The largest absolute Gasteiger partial charge is 0.481 e. The van der Waals surface area contributed by atoms with Crippen molar-refractivity contribution in [3.63, 3.8) is 0 Å². The molecule has 6 rings (SSSR count). The monoisotopic (exact) mass is 554 g/mol. The van der Waals surface area contributed by atoms with Crippen LogP contribution in [0.25, 0.3) is 54.9 Å². The van der Waals surface area contributed by atoms with Crippen LogP contribution in [0.3, 0.4) is 0 Å². The van der Waals surface area contributed by atoms with Gasteiger partial charge in [0.1, 0.15) is 11.5 Å². The Bertz CT molecular complexity index is 1790. The predicted octanol–water partition coefficient (Wildman–Crippen LogP) is 7.92.